The predicted molar refractivity (Wildman–Crippen MR) is 130 cm³/mol. The molecule has 1 saturated heterocycles. The second kappa shape index (κ2) is 9.66. The summed E-state index contributed by atoms with van der Waals surface area (Å²) in [6.07, 6.45) is 4.20. The standard InChI is InChI=1S/C27H31FN4O2/c1-18-12-20(6-9-29-18)27-22-17-32(11-8-21(22)14-30-27)26(33)13-19-7-10-31(15-19)16-23-24(28)4-3-5-25(23)34-2/h3-6,9,12,19H,7-8,10-11,13-17H2,1-2H3/t19-/m0/s1. The molecule has 4 heterocycles. The van der Waals surface area contributed by atoms with Gasteiger partial charge in [0.2, 0.25) is 5.91 Å². The lowest BCUT2D eigenvalue weighted by Crippen LogP contribution is -2.39. The first-order valence-electron chi connectivity index (χ1n) is 12.0. The van der Waals surface area contributed by atoms with Crippen LogP contribution in [0.4, 0.5) is 4.39 Å². The maximum Gasteiger partial charge on any atom is 0.223 e. The van der Waals surface area contributed by atoms with E-state index in [0.717, 1.165) is 56.0 Å². The molecule has 1 aromatic heterocycles. The van der Waals surface area contributed by atoms with Crippen LogP contribution in [0.2, 0.25) is 0 Å². The summed E-state index contributed by atoms with van der Waals surface area (Å²) >= 11 is 0. The van der Waals surface area contributed by atoms with E-state index in [-0.39, 0.29) is 11.7 Å². The van der Waals surface area contributed by atoms with Crippen LogP contribution in [0.25, 0.3) is 0 Å². The van der Waals surface area contributed by atoms with E-state index in [1.54, 1.807) is 19.2 Å². The number of likely N-dealkylation sites (tertiary alicyclic amines) is 1. The van der Waals surface area contributed by atoms with Gasteiger partial charge in [-0.3, -0.25) is 19.7 Å². The van der Waals surface area contributed by atoms with Gasteiger partial charge >= 0.3 is 0 Å². The van der Waals surface area contributed by atoms with Crippen molar-refractivity contribution in [2.24, 2.45) is 10.9 Å². The van der Waals surface area contributed by atoms with Crippen LogP contribution in [-0.2, 0) is 11.3 Å². The van der Waals surface area contributed by atoms with Gasteiger partial charge in [-0.1, -0.05) is 6.07 Å². The first-order chi connectivity index (χ1) is 16.5. The van der Waals surface area contributed by atoms with Crippen LogP contribution in [0, 0.1) is 18.7 Å². The number of halogens is 1. The van der Waals surface area contributed by atoms with E-state index in [2.05, 4.69) is 16.0 Å². The molecule has 0 aliphatic carbocycles. The van der Waals surface area contributed by atoms with Gasteiger partial charge in [0, 0.05) is 55.6 Å². The molecule has 1 atom stereocenters. The molecule has 1 amide bonds. The average molecular weight is 463 g/mol. The van der Waals surface area contributed by atoms with E-state index in [9.17, 15) is 9.18 Å². The minimum Gasteiger partial charge on any atom is -0.496 e. The van der Waals surface area contributed by atoms with Gasteiger partial charge in [0.15, 0.2) is 0 Å². The molecule has 178 valence electrons. The summed E-state index contributed by atoms with van der Waals surface area (Å²) in [5.74, 6) is 0.837. The molecule has 0 saturated carbocycles. The highest BCUT2D eigenvalue weighted by molar-refractivity contribution is 6.15. The molecule has 34 heavy (non-hydrogen) atoms. The summed E-state index contributed by atoms with van der Waals surface area (Å²) in [7, 11) is 1.57. The van der Waals surface area contributed by atoms with Crippen LogP contribution in [0.5, 0.6) is 5.75 Å². The van der Waals surface area contributed by atoms with Gasteiger partial charge in [0.25, 0.3) is 0 Å². The molecular formula is C27H31FN4O2. The zero-order valence-corrected chi connectivity index (χ0v) is 19.9. The number of pyridine rings is 1. The number of aliphatic imine (C=N–C) groups is 1. The summed E-state index contributed by atoms with van der Waals surface area (Å²) in [5.41, 5.74) is 6.23. The Bertz CT molecular complexity index is 1160. The average Bonchev–Trinajstić information content (AvgIpc) is 3.46. The third-order valence-corrected chi connectivity index (χ3v) is 7.21. The molecule has 3 aliphatic heterocycles. The first kappa shape index (κ1) is 22.7. The fourth-order valence-electron chi connectivity index (χ4n) is 5.37. The molecule has 1 fully saturated rings. The Morgan fingerprint density at radius 1 is 1.26 bits per heavy atom. The number of methoxy groups -OCH3 is 1. The van der Waals surface area contributed by atoms with Gasteiger partial charge in [0.1, 0.15) is 11.6 Å². The molecule has 0 N–H and O–H groups in total. The van der Waals surface area contributed by atoms with Crippen LogP contribution in [0.3, 0.4) is 0 Å². The zero-order valence-electron chi connectivity index (χ0n) is 19.9. The van der Waals surface area contributed by atoms with Crippen molar-refractivity contribution in [3.8, 4) is 5.75 Å². The number of aryl methyl sites for hydroxylation is 1. The number of aromatic nitrogens is 1. The lowest BCUT2D eigenvalue weighted by Gasteiger charge is -2.30. The van der Waals surface area contributed by atoms with Crippen LogP contribution in [-0.4, -0.2) is 66.2 Å². The molecule has 0 bridgehead atoms. The van der Waals surface area contributed by atoms with Gasteiger partial charge in [-0.25, -0.2) is 4.39 Å². The van der Waals surface area contributed by atoms with Crippen LogP contribution in [0.15, 0.2) is 52.7 Å². The van der Waals surface area contributed by atoms with Gasteiger partial charge < -0.3 is 9.64 Å². The van der Waals surface area contributed by atoms with Crippen molar-refractivity contribution in [1.82, 2.24) is 14.8 Å². The lowest BCUT2D eigenvalue weighted by molar-refractivity contribution is -0.131. The van der Waals surface area contributed by atoms with Gasteiger partial charge in [-0.2, -0.15) is 0 Å². The molecule has 7 heteroatoms. The van der Waals surface area contributed by atoms with Crippen molar-refractivity contribution in [3.05, 3.63) is 70.3 Å². The molecule has 5 rings (SSSR count). The Hall–Kier alpha value is -3.06. The fraction of sp³-hybridized carbons (Fsp3) is 0.444. The van der Waals surface area contributed by atoms with Gasteiger partial charge in [-0.05, 0) is 67.6 Å². The molecule has 0 spiro atoms. The SMILES string of the molecule is COc1cccc(F)c1CN1CC[C@@H](CC(=O)N2CCC3=C(C2)C(c2ccnc(C)c2)=NC3)C1. The van der Waals surface area contributed by atoms with Crippen molar-refractivity contribution >= 4 is 11.6 Å². The van der Waals surface area contributed by atoms with Crippen molar-refractivity contribution in [1.29, 1.82) is 0 Å². The summed E-state index contributed by atoms with van der Waals surface area (Å²) in [6.45, 7) is 6.29. The first-order valence-corrected chi connectivity index (χ1v) is 12.0. The quantitative estimate of drug-likeness (QED) is 0.656. The van der Waals surface area contributed by atoms with E-state index < -0.39 is 0 Å². The molecular weight excluding hydrogens is 431 g/mol. The number of carbonyl (C=O) groups excluding carboxylic acids is 1. The Kier molecular flexibility index (Phi) is 6.46. The normalized spacial score (nSPS) is 20.5. The third kappa shape index (κ3) is 4.62. The van der Waals surface area contributed by atoms with Gasteiger partial charge in [0.05, 0.1) is 19.4 Å². The second-order valence-electron chi connectivity index (χ2n) is 9.51. The third-order valence-electron chi connectivity index (χ3n) is 7.21. The summed E-state index contributed by atoms with van der Waals surface area (Å²) in [5, 5.41) is 0. The van der Waals surface area contributed by atoms with Crippen LogP contribution < -0.4 is 4.74 Å². The predicted octanol–water partition coefficient (Wildman–Crippen LogP) is 3.78. The monoisotopic (exact) mass is 462 g/mol. The number of nitrogens with zero attached hydrogens (tertiary/aromatic N) is 4. The molecule has 1 aromatic carbocycles. The summed E-state index contributed by atoms with van der Waals surface area (Å²) in [4.78, 5) is 26.5. The Morgan fingerprint density at radius 3 is 2.97 bits per heavy atom. The van der Waals surface area contributed by atoms with Crippen molar-refractivity contribution < 1.29 is 13.9 Å². The molecule has 3 aliphatic rings. The minimum atomic E-state index is -0.241. The van der Waals surface area contributed by atoms with Gasteiger partial charge in [-0.15, -0.1) is 0 Å². The number of carbonyl (C=O) groups is 1. The smallest absolute Gasteiger partial charge is 0.223 e. The van der Waals surface area contributed by atoms with E-state index >= 15 is 0 Å². The number of benzene rings is 1. The van der Waals surface area contributed by atoms with Crippen LogP contribution in [0.1, 0.15) is 36.1 Å². The highest BCUT2D eigenvalue weighted by atomic mass is 19.1. The number of hydrogen-bond donors (Lipinski definition) is 0. The Balaban J connectivity index is 1.19. The summed E-state index contributed by atoms with van der Waals surface area (Å²) in [6, 6.07) is 9.00. The van der Waals surface area contributed by atoms with Crippen molar-refractivity contribution in [2.45, 2.75) is 32.7 Å². The number of ether oxygens (including phenoxy) is 1. The molecule has 6 nitrogen and oxygen atoms in total. The van der Waals surface area contributed by atoms with E-state index in [4.69, 9.17) is 9.73 Å². The summed E-state index contributed by atoms with van der Waals surface area (Å²) < 4.78 is 19.7. The largest absolute Gasteiger partial charge is 0.496 e. The number of hydrogen-bond acceptors (Lipinski definition) is 5. The molecule has 0 unspecified atom stereocenters. The Labute approximate surface area is 200 Å². The molecule has 2 aromatic rings. The van der Waals surface area contributed by atoms with Crippen LogP contribution >= 0.6 is 0 Å². The Morgan fingerprint density at radius 2 is 2.15 bits per heavy atom. The minimum absolute atomic E-state index is 0.207. The highest BCUT2D eigenvalue weighted by Crippen LogP contribution is 2.30. The lowest BCUT2D eigenvalue weighted by atomic mass is 9.94. The highest BCUT2D eigenvalue weighted by Gasteiger charge is 2.32. The molecule has 0 radical (unpaired) electrons. The zero-order chi connectivity index (χ0) is 23.7. The maximum atomic E-state index is 14.3. The number of rotatable bonds is 6. The maximum absolute atomic E-state index is 14.3. The van der Waals surface area contributed by atoms with Crippen molar-refractivity contribution in [3.63, 3.8) is 0 Å². The van der Waals surface area contributed by atoms with E-state index in [0.29, 0.717) is 36.7 Å². The topological polar surface area (TPSA) is 58.0 Å². The van der Waals surface area contributed by atoms with E-state index in [1.165, 1.54) is 17.2 Å². The van der Waals surface area contributed by atoms with E-state index in [1.807, 2.05) is 24.1 Å². The van der Waals surface area contributed by atoms with Crippen molar-refractivity contribution in [2.75, 3.05) is 39.8 Å². The number of amides is 1. The fourth-order valence-corrected chi connectivity index (χ4v) is 5.37. The second-order valence-corrected chi connectivity index (χ2v) is 9.51.